The Hall–Kier alpha value is -1.94. The summed E-state index contributed by atoms with van der Waals surface area (Å²) in [5, 5.41) is 28.5. The van der Waals surface area contributed by atoms with Gasteiger partial charge in [-0.1, -0.05) is 0 Å². The normalized spacial score (nSPS) is 27.7. The highest BCUT2D eigenvalue weighted by Crippen LogP contribution is 2.33. The van der Waals surface area contributed by atoms with Crippen molar-refractivity contribution >= 4 is 11.0 Å². The fourth-order valence-corrected chi connectivity index (χ4v) is 2.65. The van der Waals surface area contributed by atoms with Crippen LogP contribution < -0.4 is 5.56 Å². The van der Waals surface area contributed by atoms with Gasteiger partial charge in [-0.05, 0) is 13.0 Å². The summed E-state index contributed by atoms with van der Waals surface area (Å²) in [6, 6.07) is 1.03. The minimum Gasteiger partial charge on any atom is -0.394 e. The summed E-state index contributed by atoms with van der Waals surface area (Å²) in [6.07, 6.45) is -5.25. The first-order chi connectivity index (χ1) is 10.8. The highest BCUT2D eigenvalue weighted by atomic mass is 19.2. The summed E-state index contributed by atoms with van der Waals surface area (Å²) in [4.78, 5) is 18.2. The van der Waals surface area contributed by atoms with Gasteiger partial charge >= 0.3 is 0 Å². The third-order valence-corrected chi connectivity index (χ3v) is 3.92. The maximum atomic E-state index is 14.0. The van der Waals surface area contributed by atoms with E-state index in [1.165, 1.54) is 6.92 Å². The standard InChI is InChI=1S/C14H14F2N2O5/c1-4-8(15)9(16)5-2-6(14(22)18-13(5)17-4)12-11(21)10(20)7(3-19)23-12/h2,7,10-12,19-21H,3H2,1H3,(H,17,18,22)/t7-,10?,11+,12+/m1/s1. The third kappa shape index (κ3) is 2.41. The van der Waals surface area contributed by atoms with Gasteiger partial charge < -0.3 is 25.0 Å². The van der Waals surface area contributed by atoms with Crippen molar-refractivity contribution in [3.63, 3.8) is 0 Å². The van der Waals surface area contributed by atoms with E-state index in [0.29, 0.717) is 0 Å². The van der Waals surface area contributed by atoms with Crippen LogP contribution in [0.25, 0.3) is 11.0 Å². The van der Waals surface area contributed by atoms with E-state index in [1.807, 2.05) is 0 Å². The lowest BCUT2D eigenvalue weighted by atomic mass is 10.0. The number of aryl methyl sites for hydroxylation is 1. The van der Waals surface area contributed by atoms with Gasteiger partial charge in [0.25, 0.3) is 5.56 Å². The van der Waals surface area contributed by atoms with Crippen LogP contribution in [0.3, 0.4) is 0 Å². The molecular weight excluding hydrogens is 314 g/mol. The van der Waals surface area contributed by atoms with Gasteiger partial charge in [0, 0.05) is 5.56 Å². The number of ether oxygens (including phenoxy) is 1. The first kappa shape index (κ1) is 15.9. The van der Waals surface area contributed by atoms with Gasteiger partial charge in [-0.25, -0.2) is 13.8 Å². The minimum atomic E-state index is -1.49. The molecule has 7 nitrogen and oxygen atoms in total. The molecule has 2 aromatic rings. The van der Waals surface area contributed by atoms with Gasteiger partial charge in [-0.3, -0.25) is 4.79 Å². The summed E-state index contributed by atoms with van der Waals surface area (Å²) >= 11 is 0. The van der Waals surface area contributed by atoms with Crippen LogP contribution in [-0.4, -0.2) is 50.2 Å². The van der Waals surface area contributed by atoms with Crippen LogP contribution in [-0.2, 0) is 4.74 Å². The Kier molecular flexibility index (Phi) is 3.88. The van der Waals surface area contributed by atoms with Crippen LogP contribution in [0.4, 0.5) is 8.78 Å². The first-order valence-electron chi connectivity index (χ1n) is 6.86. The Balaban J connectivity index is 2.16. The fourth-order valence-electron chi connectivity index (χ4n) is 2.65. The number of pyridine rings is 2. The van der Waals surface area contributed by atoms with Crippen molar-refractivity contribution in [1.29, 1.82) is 0 Å². The van der Waals surface area contributed by atoms with Crippen molar-refractivity contribution in [2.75, 3.05) is 6.61 Å². The molecule has 4 atom stereocenters. The molecule has 0 aliphatic carbocycles. The number of aromatic amines is 1. The van der Waals surface area contributed by atoms with Crippen LogP contribution in [0.5, 0.6) is 0 Å². The summed E-state index contributed by atoms with van der Waals surface area (Å²) < 4.78 is 32.9. The molecule has 1 unspecified atom stereocenters. The zero-order valence-corrected chi connectivity index (χ0v) is 12.0. The quantitative estimate of drug-likeness (QED) is 0.600. The van der Waals surface area contributed by atoms with Gasteiger partial charge in [0.1, 0.15) is 30.1 Å². The lowest BCUT2D eigenvalue weighted by Gasteiger charge is -2.15. The SMILES string of the molecule is Cc1nc2[nH]c(=O)c([C@@H]3O[C@H](CO)C(O)[C@@H]3O)cc2c(F)c1F. The van der Waals surface area contributed by atoms with E-state index >= 15 is 0 Å². The maximum absolute atomic E-state index is 14.0. The van der Waals surface area contributed by atoms with Gasteiger partial charge in [0.2, 0.25) is 0 Å². The van der Waals surface area contributed by atoms with Crippen molar-refractivity contribution < 1.29 is 28.8 Å². The molecule has 0 bridgehead atoms. The molecule has 2 aromatic heterocycles. The Morgan fingerprint density at radius 2 is 2.00 bits per heavy atom. The summed E-state index contributed by atoms with van der Waals surface area (Å²) in [7, 11) is 0. The van der Waals surface area contributed by atoms with E-state index in [0.717, 1.165) is 6.07 Å². The number of hydrogen-bond donors (Lipinski definition) is 4. The Morgan fingerprint density at radius 1 is 1.30 bits per heavy atom. The van der Waals surface area contributed by atoms with E-state index in [2.05, 4.69) is 9.97 Å². The molecule has 23 heavy (non-hydrogen) atoms. The Bertz CT molecular complexity index is 825. The average Bonchev–Trinajstić information content (AvgIpc) is 2.80. The lowest BCUT2D eigenvalue weighted by molar-refractivity contribution is -0.0231. The number of aliphatic hydroxyl groups is 3. The van der Waals surface area contributed by atoms with Gasteiger partial charge in [0.15, 0.2) is 11.6 Å². The molecule has 0 radical (unpaired) electrons. The second-order valence-corrected chi connectivity index (χ2v) is 5.40. The number of H-pyrrole nitrogens is 1. The smallest absolute Gasteiger partial charge is 0.255 e. The second-order valence-electron chi connectivity index (χ2n) is 5.40. The number of aliphatic hydroxyl groups excluding tert-OH is 3. The molecule has 1 saturated heterocycles. The molecular formula is C14H14F2N2O5. The predicted octanol–water partition coefficient (Wildman–Crippen LogP) is -0.336. The molecule has 4 N–H and O–H groups in total. The van der Waals surface area contributed by atoms with Gasteiger partial charge in [-0.15, -0.1) is 0 Å². The van der Waals surface area contributed by atoms with Crippen LogP contribution in [0.15, 0.2) is 10.9 Å². The van der Waals surface area contributed by atoms with Gasteiger partial charge in [0.05, 0.1) is 17.7 Å². The van der Waals surface area contributed by atoms with Crippen molar-refractivity contribution in [2.45, 2.75) is 31.3 Å². The molecule has 0 saturated carbocycles. The van der Waals surface area contributed by atoms with Crippen molar-refractivity contribution in [3.8, 4) is 0 Å². The van der Waals surface area contributed by atoms with Crippen LogP contribution in [0.1, 0.15) is 17.4 Å². The van der Waals surface area contributed by atoms with E-state index in [4.69, 9.17) is 9.84 Å². The van der Waals surface area contributed by atoms with Crippen LogP contribution in [0, 0.1) is 18.6 Å². The highest BCUT2D eigenvalue weighted by Gasteiger charge is 2.44. The maximum Gasteiger partial charge on any atom is 0.255 e. The molecule has 1 fully saturated rings. The molecule has 3 heterocycles. The van der Waals surface area contributed by atoms with E-state index < -0.39 is 48.2 Å². The number of hydrogen-bond acceptors (Lipinski definition) is 6. The van der Waals surface area contributed by atoms with Gasteiger partial charge in [-0.2, -0.15) is 0 Å². The topological polar surface area (TPSA) is 116 Å². The van der Waals surface area contributed by atoms with Crippen LogP contribution in [0.2, 0.25) is 0 Å². The molecule has 0 amide bonds. The van der Waals surface area contributed by atoms with Crippen molar-refractivity contribution in [3.05, 3.63) is 39.3 Å². The monoisotopic (exact) mass is 328 g/mol. The molecule has 1 aliphatic rings. The number of rotatable bonds is 2. The molecule has 3 rings (SSSR count). The van der Waals surface area contributed by atoms with E-state index in [1.54, 1.807) is 0 Å². The first-order valence-corrected chi connectivity index (χ1v) is 6.86. The highest BCUT2D eigenvalue weighted by molar-refractivity contribution is 5.76. The number of aromatic nitrogens is 2. The van der Waals surface area contributed by atoms with E-state index in [-0.39, 0.29) is 22.3 Å². The molecule has 0 spiro atoms. The summed E-state index contributed by atoms with van der Waals surface area (Å²) in [5.74, 6) is -2.33. The van der Waals surface area contributed by atoms with E-state index in [9.17, 15) is 23.8 Å². The predicted molar refractivity (Wildman–Crippen MR) is 73.7 cm³/mol. The number of nitrogens with zero attached hydrogens (tertiary/aromatic N) is 1. The molecule has 1 aliphatic heterocycles. The Labute approximate surface area is 128 Å². The van der Waals surface area contributed by atoms with Crippen molar-refractivity contribution in [1.82, 2.24) is 9.97 Å². The number of fused-ring (bicyclic) bond motifs is 1. The average molecular weight is 328 g/mol. The largest absolute Gasteiger partial charge is 0.394 e. The Morgan fingerprint density at radius 3 is 2.61 bits per heavy atom. The minimum absolute atomic E-state index is 0.137. The number of nitrogens with one attached hydrogen (secondary N) is 1. The lowest BCUT2D eigenvalue weighted by Crippen LogP contribution is -2.33. The summed E-state index contributed by atoms with van der Waals surface area (Å²) in [6.45, 7) is 0.695. The fraction of sp³-hybridized carbons (Fsp3) is 0.429. The van der Waals surface area contributed by atoms with Crippen molar-refractivity contribution in [2.24, 2.45) is 0 Å². The zero-order valence-electron chi connectivity index (χ0n) is 12.0. The second kappa shape index (κ2) is 5.60. The number of halogens is 2. The third-order valence-electron chi connectivity index (χ3n) is 3.92. The molecule has 124 valence electrons. The van der Waals surface area contributed by atoms with Crippen LogP contribution >= 0.6 is 0 Å². The molecule has 9 heteroatoms. The zero-order chi connectivity index (χ0) is 16.9. The summed E-state index contributed by atoms with van der Waals surface area (Å²) in [5.41, 5.74) is -1.25. The molecule has 0 aromatic carbocycles.